The van der Waals surface area contributed by atoms with Crippen LogP contribution >= 0.6 is 0 Å². The van der Waals surface area contributed by atoms with Gasteiger partial charge in [0.15, 0.2) is 0 Å². The standard InChI is InChI=1S/C21H16N2O/c24-21(13-16-9-5-8-15-6-1-3-10-19(15)16)23-18-12-17-7-2-4-11-20(17)22-14-18/h1-12,14H,13H2,(H,23,24). The largest absolute Gasteiger partial charge is 0.324 e. The zero-order valence-electron chi connectivity index (χ0n) is 13.1. The number of amides is 1. The Morgan fingerprint density at radius 2 is 1.62 bits per heavy atom. The smallest absolute Gasteiger partial charge is 0.228 e. The van der Waals surface area contributed by atoms with Gasteiger partial charge in [-0.2, -0.15) is 0 Å². The van der Waals surface area contributed by atoms with Crippen molar-refractivity contribution >= 4 is 33.3 Å². The van der Waals surface area contributed by atoms with Crippen LogP contribution < -0.4 is 5.32 Å². The van der Waals surface area contributed by atoms with E-state index in [4.69, 9.17) is 0 Å². The summed E-state index contributed by atoms with van der Waals surface area (Å²) in [5.41, 5.74) is 2.67. The van der Waals surface area contributed by atoms with Crippen LogP contribution in [-0.4, -0.2) is 10.9 Å². The minimum Gasteiger partial charge on any atom is -0.324 e. The molecule has 0 aliphatic carbocycles. The monoisotopic (exact) mass is 312 g/mol. The Balaban J connectivity index is 1.57. The maximum atomic E-state index is 12.4. The van der Waals surface area contributed by atoms with Crippen LogP contribution in [0.15, 0.2) is 79.0 Å². The van der Waals surface area contributed by atoms with E-state index in [2.05, 4.69) is 28.5 Å². The minimum absolute atomic E-state index is 0.0385. The summed E-state index contributed by atoms with van der Waals surface area (Å²) in [6, 6.07) is 24.0. The van der Waals surface area contributed by atoms with Crippen molar-refractivity contribution in [1.29, 1.82) is 0 Å². The third-order valence-corrected chi connectivity index (χ3v) is 4.11. The molecule has 0 fully saturated rings. The van der Waals surface area contributed by atoms with Gasteiger partial charge in [0.25, 0.3) is 0 Å². The quantitative estimate of drug-likeness (QED) is 0.602. The van der Waals surface area contributed by atoms with Gasteiger partial charge in [0.2, 0.25) is 5.91 Å². The topological polar surface area (TPSA) is 42.0 Å². The number of hydrogen-bond donors (Lipinski definition) is 1. The molecule has 24 heavy (non-hydrogen) atoms. The van der Waals surface area contributed by atoms with Crippen LogP contribution in [-0.2, 0) is 11.2 Å². The Kier molecular flexibility index (Phi) is 3.67. The van der Waals surface area contributed by atoms with Gasteiger partial charge in [0.1, 0.15) is 0 Å². The van der Waals surface area contributed by atoms with E-state index in [1.807, 2.05) is 54.6 Å². The summed E-state index contributed by atoms with van der Waals surface area (Å²) in [5, 5.41) is 6.23. The summed E-state index contributed by atoms with van der Waals surface area (Å²) in [5.74, 6) is -0.0385. The molecular formula is C21H16N2O. The van der Waals surface area contributed by atoms with E-state index < -0.39 is 0 Å². The van der Waals surface area contributed by atoms with Crippen molar-refractivity contribution in [2.75, 3.05) is 5.32 Å². The highest BCUT2D eigenvalue weighted by Crippen LogP contribution is 2.20. The van der Waals surface area contributed by atoms with Gasteiger partial charge in [-0.25, -0.2) is 0 Å². The van der Waals surface area contributed by atoms with Gasteiger partial charge in [-0.1, -0.05) is 60.7 Å². The van der Waals surface area contributed by atoms with Crippen molar-refractivity contribution in [3.05, 3.63) is 84.6 Å². The lowest BCUT2D eigenvalue weighted by molar-refractivity contribution is -0.115. The number of pyridine rings is 1. The highest BCUT2D eigenvalue weighted by atomic mass is 16.1. The van der Waals surface area contributed by atoms with Crippen molar-refractivity contribution in [1.82, 2.24) is 4.98 Å². The molecule has 0 bridgehead atoms. The maximum Gasteiger partial charge on any atom is 0.228 e. The van der Waals surface area contributed by atoms with E-state index in [9.17, 15) is 4.79 Å². The fourth-order valence-electron chi connectivity index (χ4n) is 2.96. The number of fused-ring (bicyclic) bond motifs is 2. The van der Waals surface area contributed by atoms with E-state index >= 15 is 0 Å². The number of para-hydroxylation sites is 1. The first-order chi connectivity index (χ1) is 11.8. The average molecular weight is 312 g/mol. The van der Waals surface area contributed by atoms with E-state index in [0.717, 1.165) is 32.9 Å². The molecule has 0 saturated heterocycles. The Labute approximate surface area is 140 Å². The maximum absolute atomic E-state index is 12.4. The van der Waals surface area contributed by atoms with Crippen molar-refractivity contribution in [2.24, 2.45) is 0 Å². The summed E-state index contributed by atoms with van der Waals surface area (Å²) >= 11 is 0. The Bertz CT molecular complexity index is 1030. The number of carbonyl (C=O) groups is 1. The van der Waals surface area contributed by atoms with Gasteiger partial charge in [-0.05, 0) is 28.5 Å². The molecule has 1 amide bonds. The van der Waals surface area contributed by atoms with Crippen LogP contribution in [0.4, 0.5) is 5.69 Å². The number of carbonyl (C=O) groups excluding carboxylic acids is 1. The summed E-state index contributed by atoms with van der Waals surface area (Å²) in [4.78, 5) is 16.8. The molecule has 0 saturated carbocycles. The second-order valence-corrected chi connectivity index (χ2v) is 5.78. The van der Waals surface area contributed by atoms with Crippen LogP contribution in [0.1, 0.15) is 5.56 Å². The molecule has 3 heteroatoms. The molecule has 1 heterocycles. The molecule has 4 rings (SSSR count). The van der Waals surface area contributed by atoms with Crippen molar-refractivity contribution < 1.29 is 4.79 Å². The molecule has 0 aliphatic rings. The molecule has 0 aliphatic heterocycles. The lowest BCUT2D eigenvalue weighted by Gasteiger charge is -2.08. The number of aromatic nitrogens is 1. The van der Waals surface area contributed by atoms with Crippen molar-refractivity contribution in [2.45, 2.75) is 6.42 Å². The first-order valence-electron chi connectivity index (χ1n) is 7.91. The second-order valence-electron chi connectivity index (χ2n) is 5.78. The molecule has 1 aromatic heterocycles. The molecule has 3 aromatic carbocycles. The highest BCUT2D eigenvalue weighted by Gasteiger charge is 2.08. The van der Waals surface area contributed by atoms with Crippen molar-refractivity contribution in [3.63, 3.8) is 0 Å². The van der Waals surface area contributed by atoms with Gasteiger partial charge in [0, 0.05) is 5.39 Å². The lowest BCUT2D eigenvalue weighted by atomic mass is 10.0. The number of rotatable bonds is 3. The van der Waals surface area contributed by atoms with Gasteiger partial charge in [-0.3, -0.25) is 9.78 Å². The van der Waals surface area contributed by atoms with Gasteiger partial charge in [0.05, 0.1) is 23.8 Å². The molecule has 116 valence electrons. The average Bonchev–Trinajstić information content (AvgIpc) is 2.62. The SMILES string of the molecule is O=C(Cc1cccc2ccccc12)Nc1cnc2ccccc2c1. The summed E-state index contributed by atoms with van der Waals surface area (Å²) in [6.07, 6.45) is 2.04. The molecule has 0 unspecified atom stereocenters. The summed E-state index contributed by atoms with van der Waals surface area (Å²) < 4.78 is 0. The van der Waals surface area contributed by atoms with Gasteiger partial charge >= 0.3 is 0 Å². The van der Waals surface area contributed by atoms with E-state index in [-0.39, 0.29) is 5.91 Å². The van der Waals surface area contributed by atoms with Crippen molar-refractivity contribution in [3.8, 4) is 0 Å². The predicted octanol–water partition coefficient (Wildman–Crippen LogP) is 4.57. The molecular weight excluding hydrogens is 296 g/mol. The van der Waals surface area contributed by atoms with E-state index in [0.29, 0.717) is 6.42 Å². The summed E-state index contributed by atoms with van der Waals surface area (Å²) in [6.45, 7) is 0. The highest BCUT2D eigenvalue weighted by molar-refractivity contribution is 5.97. The number of anilines is 1. The normalized spacial score (nSPS) is 10.8. The fraction of sp³-hybridized carbons (Fsp3) is 0.0476. The zero-order chi connectivity index (χ0) is 16.4. The molecule has 3 nitrogen and oxygen atoms in total. The van der Waals surface area contributed by atoms with E-state index in [1.54, 1.807) is 6.20 Å². The molecule has 0 atom stereocenters. The molecule has 0 radical (unpaired) electrons. The Morgan fingerprint density at radius 1 is 0.875 bits per heavy atom. The Hall–Kier alpha value is -3.20. The predicted molar refractivity (Wildman–Crippen MR) is 98.0 cm³/mol. The van der Waals surface area contributed by atoms with Gasteiger partial charge < -0.3 is 5.32 Å². The molecule has 0 spiro atoms. The summed E-state index contributed by atoms with van der Waals surface area (Å²) in [7, 11) is 0. The third kappa shape index (κ3) is 2.84. The first kappa shape index (κ1) is 14.4. The minimum atomic E-state index is -0.0385. The number of hydrogen-bond acceptors (Lipinski definition) is 2. The Morgan fingerprint density at radius 3 is 2.54 bits per heavy atom. The zero-order valence-corrected chi connectivity index (χ0v) is 13.1. The fourth-order valence-corrected chi connectivity index (χ4v) is 2.96. The number of nitrogens with one attached hydrogen (secondary N) is 1. The van der Waals surface area contributed by atoms with Gasteiger partial charge in [-0.15, -0.1) is 0 Å². The van der Waals surface area contributed by atoms with E-state index in [1.165, 1.54) is 0 Å². The van der Waals surface area contributed by atoms with Crippen LogP contribution in [0, 0.1) is 0 Å². The van der Waals surface area contributed by atoms with Crippen LogP contribution in [0.5, 0.6) is 0 Å². The van der Waals surface area contributed by atoms with Crippen LogP contribution in [0.25, 0.3) is 21.7 Å². The second kappa shape index (κ2) is 6.13. The molecule has 1 N–H and O–H groups in total. The lowest BCUT2D eigenvalue weighted by Crippen LogP contribution is -2.14. The number of benzene rings is 3. The first-order valence-corrected chi connectivity index (χ1v) is 7.91. The number of nitrogens with zero attached hydrogens (tertiary/aromatic N) is 1. The third-order valence-electron chi connectivity index (χ3n) is 4.11. The van der Waals surface area contributed by atoms with Crippen LogP contribution in [0.3, 0.4) is 0 Å². The van der Waals surface area contributed by atoms with Crippen LogP contribution in [0.2, 0.25) is 0 Å². The molecule has 4 aromatic rings.